The second-order valence-corrected chi connectivity index (χ2v) is 10.6. The Morgan fingerprint density at radius 1 is 1.50 bits per heavy atom. The summed E-state index contributed by atoms with van der Waals surface area (Å²) in [4.78, 5) is 10.2. The van der Waals surface area contributed by atoms with Crippen LogP contribution in [0, 0.1) is 5.92 Å². The first kappa shape index (κ1) is 17.4. The van der Waals surface area contributed by atoms with Crippen molar-refractivity contribution >= 4 is 39.6 Å². The average molecular weight is 342 g/mol. The van der Waals surface area contributed by atoms with Gasteiger partial charge in [-0.05, 0) is 0 Å². The van der Waals surface area contributed by atoms with E-state index < -0.39 is 6.80 Å². The van der Waals surface area contributed by atoms with Gasteiger partial charge >= 0.3 is 138 Å². The van der Waals surface area contributed by atoms with Crippen LogP contribution < -0.4 is 0 Å². The van der Waals surface area contributed by atoms with Gasteiger partial charge in [0.15, 0.2) is 0 Å². The fourth-order valence-electron chi connectivity index (χ4n) is 3.35. The number of hydrogen-bond acceptors (Lipinski definition) is 5. The third-order valence-electron chi connectivity index (χ3n) is 4.66. The van der Waals surface area contributed by atoms with E-state index in [-0.39, 0.29) is 29.7 Å². The summed E-state index contributed by atoms with van der Waals surface area (Å²) in [7, 11) is 2.04. The maximum absolute atomic E-state index is 12.4. The summed E-state index contributed by atoms with van der Waals surface area (Å²) in [6.07, 6.45) is 2.03. The molecule has 22 heavy (non-hydrogen) atoms. The number of ether oxygens (including phenoxy) is 2. The molecule has 5 nitrogen and oxygen atoms in total. The predicted molar refractivity (Wildman–Crippen MR) is 92.2 cm³/mol. The van der Waals surface area contributed by atoms with Crippen LogP contribution in [0.1, 0.15) is 33.1 Å². The molecule has 0 amide bonds. The summed E-state index contributed by atoms with van der Waals surface area (Å²) in [5.74, 6) is 0.909. The van der Waals surface area contributed by atoms with Gasteiger partial charge in [0.2, 0.25) is 0 Å². The van der Waals surface area contributed by atoms with Gasteiger partial charge in [0, 0.05) is 0 Å². The molecule has 3 rings (SSSR count). The monoisotopic (exact) mass is 342 g/mol. The van der Waals surface area contributed by atoms with E-state index in [9.17, 15) is 9.46 Å². The molecule has 6 unspecified atom stereocenters. The maximum atomic E-state index is 12.4. The zero-order valence-electron chi connectivity index (χ0n) is 13.3. The van der Waals surface area contributed by atoms with Crippen molar-refractivity contribution in [1.29, 1.82) is 0 Å². The fraction of sp³-hybridized carbons (Fsp3) is 1.00. The number of rotatable bonds is 6. The molecule has 1 N–H and O–H groups in total. The van der Waals surface area contributed by atoms with E-state index in [0.717, 1.165) is 24.2 Å². The summed E-state index contributed by atoms with van der Waals surface area (Å²) in [6, 6.07) is 0.230. The molecule has 0 bridgehead atoms. The van der Waals surface area contributed by atoms with Crippen LogP contribution in [0.2, 0.25) is 0 Å². The SMILES string of the molecule is BC1CC(C)C(CSP(=O)(O)OC2CC3(B=B3)OC2CC)O1. The van der Waals surface area contributed by atoms with Crippen molar-refractivity contribution in [3.8, 4) is 0 Å². The first-order valence-corrected chi connectivity index (χ1v) is 11.2. The molecule has 0 radical (unpaired) electrons. The van der Waals surface area contributed by atoms with Crippen molar-refractivity contribution in [1.82, 2.24) is 0 Å². The molecule has 6 atom stereocenters. The van der Waals surface area contributed by atoms with Crippen molar-refractivity contribution in [3.63, 3.8) is 0 Å². The fourth-order valence-corrected chi connectivity index (χ4v) is 6.22. The molecule has 0 saturated carbocycles. The zero-order valence-corrected chi connectivity index (χ0v) is 15.0. The van der Waals surface area contributed by atoms with Gasteiger partial charge in [-0.25, -0.2) is 0 Å². The van der Waals surface area contributed by atoms with E-state index in [1.165, 1.54) is 0 Å². The van der Waals surface area contributed by atoms with Gasteiger partial charge in [-0.2, -0.15) is 0 Å². The molecule has 3 aliphatic heterocycles. The normalized spacial score (nSPS) is 41.1. The van der Waals surface area contributed by atoms with Gasteiger partial charge in [-0.15, -0.1) is 0 Å². The van der Waals surface area contributed by atoms with Gasteiger partial charge in [0.25, 0.3) is 0 Å². The van der Waals surface area contributed by atoms with Crippen LogP contribution in [0.25, 0.3) is 0 Å². The molecule has 0 aliphatic carbocycles. The van der Waals surface area contributed by atoms with E-state index in [1.54, 1.807) is 0 Å². The first-order chi connectivity index (χ1) is 10.3. The van der Waals surface area contributed by atoms with E-state index >= 15 is 0 Å². The molecule has 120 valence electrons. The molecule has 3 aliphatic rings. The Hall–Kier alpha value is 0.615. The molecular formula is C12H22B3O5PS. The predicted octanol–water partition coefficient (Wildman–Crippen LogP) is 0.779. The van der Waals surface area contributed by atoms with Crippen LogP contribution >= 0.6 is 18.2 Å². The van der Waals surface area contributed by atoms with Crippen molar-refractivity contribution in [2.75, 3.05) is 5.75 Å². The molecular weight excluding hydrogens is 320 g/mol. The third kappa shape index (κ3) is 3.98. The van der Waals surface area contributed by atoms with Crippen molar-refractivity contribution in [3.05, 3.63) is 0 Å². The summed E-state index contributed by atoms with van der Waals surface area (Å²) in [6.45, 7) is 4.42. The second-order valence-electron chi connectivity index (χ2n) is 6.66. The van der Waals surface area contributed by atoms with Crippen LogP contribution in [0.3, 0.4) is 0 Å². The summed E-state index contributed by atoms with van der Waals surface area (Å²) >= 11 is 0.990. The van der Waals surface area contributed by atoms with Crippen LogP contribution in [0.15, 0.2) is 0 Å². The molecule has 0 aromatic rings. The minimum atomic E-state index is -3.69. The molecule has 2 saturated heterocycles. The van der Waals surface area contributed by atoms with Gasteiger partial charge in [-0.3, -0.25) is 0 Å². The quantitative estimate of drug-likeness (QED) is 0.569. The van der Waals surface area contributed by atoms with Crippen LogP contribution in [-0.4, -0.2) is 61.8 Å². The Balaban J connectivity index is 1.51. The zero-order chi connectivity index (χ0) is 16.0. The molecule has 0 aromatic carbocycles. The minimum absolute atomic E-state index is 0.0299. The Bertz CT molecular complexity index is 501. The summed E-state index contributed by atoms with van der Waals surface area (Å²) < 4.78 is 29.6. The van der Waals surface area contributed by atoms with Crippen molar-refractivity contribution < 1.29 is 23.5 Å². The standard InChI is InChI=1S/C12H22B3O5PS/c1-3-8-9(5-12(19-8)14-15-12)20-21(16,17)22-6-10-7(2)4-11(13)18-10/h7-11H,3-6,13H2,1-2H3,(H,16,17). The molecule has 1 spiro atoms. The van der Waals surface area contributed by atoms with Gasteiger partial charge in [0.1, 0.15) is 0 Å². The molecule has 0 aromatic heterocycles. The van der Waals surface area contributed by atoms with Crippen molar-refractivity contribution in [2.24, 2.45) is 5.92 Å². The molecule has 3 heterocycles. The topological polar surface area (TPSA) is 65.0 Å². The molecule has 10 heteroatoms. The Morgan fingerprint density at radius 2 is 2.23 bits per heavy atom. The van der Waals surface area contributed by atoms with Crippen molar-refractivity contribution in [2.45, 2.75) is 62.8 Å². The average Bonchev–Trinajstić information content (AvgIpc) is 2.97. The second kappa shape index (κ2) is 6.49. The van der Waals surface area contributed by atoms with Gasteiger partial charge in [-0.1, -0.05) is 0 Å². The van der Waals surface area contributed by atoms with Crippen LogP contribution in [0.5, 0.6) is 0 Å². The first-order valence-electron chi connectivity index (χ1n) is 8.02. The summed E-state index contributed by atoms with van der Waals surface area (Å²) in [5, 5.41) is -0.297. The van der Waals surface area contributed by atoms with Gasteiger partial charge in [0.05, 0.1) is 0 Å². The third-order valence-corrected chi connectivity index (χ3v) is 7.69. The van der Waals surface area contributed by atoms with Gasteiger partial charge < -0.3 is 0 Å². The van der Waals surface area contributed by atoms with Crippen LogP contribution in [-0.2, 0) is 18.6 Å². The van der Waals surface area contributed by atoms with E-state index in [4.69, 9.17) is 14.0 Å². The Morgan fingerprint density at radius 3 is 2.77 bits per heavy atom. The van der Waals surface area contributed by atoms with E-state index in [2.05, 4.69) is 6.92 Å². The number of hydrogen-bond donors (Lipinski definition) is 1. The van der Waals surface area contributed by atoms with E-state index in [0.29, 0.717) is 18.1 Å². The molecule has 2 fully saturated rings. The van der Waals surface area contributed by atoms with Crippen LogP contribution in [0.4, 0.5) is 0 Å². The Kier molecular flexibility index (Phi) is 5.15. The van der Waals surface area contributed by atoms with E-state index in [1.807, 2.05) is 28.4 Å². The Labute approximate surface area is 138 Å². The summed E-state index contributed by atoms with van der Waals surface area (Å²) in [5.41, 5.74) is 0.